The SMILES string of the molecule is COc1ccc(-c2cc(-c3ccco3)ccc2-n2cncn2)c(OC)c1OC. The van der Waals surface area contributed by atoms with Crippen molar-refractivity contribution in [3.8, 4) is 45.4 Å². The third kappa shape index (κ3) is 2.96. The summed E-state index contributed by atoms with van der Waals surface area (Å²) in [4.78, 5) is 4.07. The van der Waals surface area contributed by atoms with Crippen molar-refractivity contribution in [2.24, 2.45) is 0 Å². The highest BCUT2D eigenvalue weighted by Gasteiger charge is 2.20. The van der Waals surface area contributed by atoms with Crippen LogP contribution in [-0.2, 0) is 0 Å². The van der Waals surface area contributed by atoms with Gasteiger partial charge < -0.3 is 18.6 Å². The maximum Gasteiger partial charge on any atom is 0.203 e. The van der Waals surface area contributed by atoms with Gasteiger partial charge >= 0.3 is 0 Å². The van der Waals surface area contributed by atoms with Crippen LogP contribution >= 0.6 is 0 Å². The zero-order chi connectivity index (χ0) is 19.5. The Morgan fingerprint density at radius 2 is 1.75 bits per heavy atom. The first-order valence-electron chi connectivity index (χ1n) is 8.59. The molecular formula is C21H19N3O4. The molecule has 2 aromatic carbocycles. The number of ether oxygens (including phenoxy) is 3. The summed E-state index contributed by atoms with van der Waals surface area (Å²) in [5.74, 6) is 2.45. The second kappa shape index (κ2) is 7.48. The van der Waals surface area contributed by atoms with E-state index in [0.717, 1.165) is 28.1 Å². The molecular weight excluding hydrogens is 358 g/mol. The summed E-state index contributed by atoms with van der Waals surface area (Å²) >= 11 is 0. The van der Waals surface area contributed by atoms with Crippen LogP contribution in [0.5, 0.6) is 17.2 Å². The molecule has 0 amide bonds. The lowest BCUT2D eigenvalue weighted by Crippen LogP contribution is -2.01. The predicted octanol–water partition coefficient (Wildman–Crippen LogP) is 4.22. The molecule has 0 atom stereocenters. The number of furan rings is 1. The average Bonchev–Trinajstić information content (AvgIpc) is 3.46. The minimum absolute atomic E-state index is 0.524. The number of aromatic nitrogens is 3. The van der Waals surface area contributed by atoms with Crippen LogP contribution in [0.25, 0.3) is 28.1 Å². The van der Waals surface area contributed by atoms with Crippen LogP contribution < -0.4 is 14.2 Å². The normalized spacial score (nSPS) is 10.7. The van der Waals surface area contributed by atoms with E-state index in [2.05, 4.69) is 10.1 Å². The van der Waals surface area contributed by atoms with Crippen molar-refractivity contribution in [2.75, 3.05) is 21.3 Å². The molecule has 4 aromatic rings. The van der Waals surface area contributed by atoms with E-state index in [4.69, 9.17) is 18.6 Å². The highest BCUT2D eigenvalue weighted by molar-refractivity contribution is 5.84. The molecule has 0 spiro atoms. The molecule has 0 saturated heterocycles. The van der Waals surface area contributed by atoms with Crippen molar-refractivity contribution >= 4 is 0 Å². The van der Waals surface area contributed by atoms with Crippen LogP contribution in [-0.4, -0.2) is 36.1 Å². The number of benzene rings is 2. The van der Waals surface area contributed by atoms with Crippen molar-refractivity contribution in [1.82, 2.24) is 14.8 Å². The minimum Gasteiger partial charge on any atom is -0.493 e. The first-order chi connectivity index (χ1) is 13.8. The van der Waals surface area contributed by atoms with Crippen LogP contribution in [0.15, 0.2) is 65.8 Å². The molecule has 0 saturated carbocycles. The fourth-order valence-corrected chi connectivity index (χ4v) is 3.19. The highest BCUT2D eigenvalue weighted by Crippen LogP contribution is 2.46. The summed E-state index contributed by atoms with van der Waals surface area (Å²) < 4.78 is 23.9. The van der Waals surface area contributed by atoms with Crippen LogP contribution in [0, 0.1) is 0 Å². The molecule has 142 valence electrons. The minimum atomic E-state index is 0.524. The number of methoxy groups -OCH3 is 3. The Hall–Kier alpha value is -3.74. The van der Waals surface area contributed by atoms with E-state index in [-0.39, 0.29) is 0 Å². The van der Waals surface area contributed by atoms with Gasteiger partial charge in [0.15, 0.2) is 11.5 Å². The van der Waals surface area contributed by atoms with Gasteiger partial charge in [0.25, 0.3) is 0 Å². The van der Waals surface area contributed by atoms with Crippen molar-refractivity contribution < 1.29 is 18.6 Å². The van der Waals surface area contributed by atoms with Gasteiger partial charge in [0.2, 0.25) is 5.75 Å². The summed E-state index contributed by atoms with van der Waals surface area (Å²) in [5, 5.41) is 4.28. The Morgan fingerprint density at radius 1 is 0.893 bits per heavy atom. The molecule has 0 unspecified atom stereocenters. The third-order valence-corrected chi connectivity index (χ3v) is 4.46. The number of hydrogen-bond acceptors (Lipinski definition) is 6. The van der Waals surface area contributed by atoms with Crippen molar-refractivity contribution in [3.63, 3.8) is 0 Å². The fraction of sp³-hybridized carbons (Fsp3) is 0.143. The Kier molecular flexibility index (Phi) is 4.72. The summed E-state index contributed by atoms with van der Waals surface area (Å²) in [6, 6.07) is 13.5. The number of hydrogen-bond donors (Lipinski definition) is 0. The van der Waals surface area contributed by atoms with Gasteiger partial charge in [0.1, 0.15) is 18.4 Å². The first-order valence-corrected chi connectivity index (χ1v) is 8.59. The van der Waals surface area contributed by atoms with E-state index in [0.29, 0.717) is 17.2 Å². The Balaban J connectivity index is 1.99. The molecule has 28 heavy (non-hydrogen) atoms. The van der Waals surface area contributed by atoms with E-state index < -0.39 is 0 Å². The van der Waals surface area contributed by atoms with Crippen LogP contribution in [0.1, 0.15) is 0 Å². The molecule has 0 aliphatic carbocycles. The van der Waals surface area contributed by atoms with Gasteiger partial charge in [-0.1, -0.05) is 0 Å². The summed E-state index contributed by atoms with van der Waals surface area (Å²) in [7, 11) is 4.78. The molecule has 2 aromatic heterocycles. The van der Waals surface area contributed by atoms with Gasteiger partial charge in [-0.2, -0.15) is 5.10 Å². The predicted molar refractivity (Wildman–Crippen MR) is 104 cm³/mol. The van der Waals surface area contributed by atoms with Crippen LogP contribution in [0.2, 0.25) is 0 Å². The molecule has 0 fully saturated rings. The topological polar surface area (TPSA) is 71.5 Å². The lowest BCUT2D eigenvalue weighted by molar-refractivity contribution is 0.325. The third-order valence-electron chi connectivity index (χ3n) is 4.46. The Labute approximate surface area is 162 Å². The molecule has 2 heterocycles. The van der Waals surface area contributed by atoms with E-state index in [9.17, 15) is 0 Å². The number of rotatable bonds is 6. The molecule has 0 N–H and O–H groups in total. The summed E-state index contributed by atoms with van der Waals surface area (Å²) in [6.45, 7) is 0. The summed E-state index contributed by atoms with van der Waals surface area (Å²) in [5.41, 5.74) is 3.50. The molecule has 0 aliphatic heterocycles. The summed E-state index contributed by atoms with van der Waals surface area (Å²) in [6.07, 6.45) is 4.80. The lowest BCUT2D eigenvalue weighted by atomic mass is 9.98. The second-order valence-electron chi connectivity index (χ2n) is 5.93. The maximum atomic E-state index is 5.69. The van der Waals surface area contributed by atoms with E-state index in [1.165, 1.54) is 6.33 Å². The molecule has 0 bridgehead atoms. The highest BCUT2D eigenvalue weighted by atomic mass is 16.5. The van der Waals surface area contributed by atoms with E-state index >= 15 is 0 Å². The Morgan fingerprint density at radius 3 is 2.39 bits per heavy atom. The zero-order valence-corrected chi connectivity index (χ0v) is 15.7. The second-order valence-corrected chi connectivity index (χ2v) is 5.93. The maximum absolute atomic E-state index is 5.69. The molecule has 7 nitrogen and oxygen atoms in total. The molecule has 0 aliphatic rings. The van der Waals surface area contributed by atoms with Crippen molar-refractivity contribution in [1.29, 1.82) is 0 Å². The molecule has 7 heteroatoms. The van der Waals surface area contributed by atoms with Gasteiger partial charge in [0.05, 0.1) is 33.3 Å². The monoisotopic (exact) mass is 377 g/mol. The quantitative estimate of drug-likeness (QED) is 0.501. The van der Waals surface area contributed by atoms with Crippen LogP contribution in [0.3, 0.4) is 0 Å². The molecule has 4 rings (SSSR count). The van der Waals surface area contributed by atoms with Gasteiger partial charge in [-0.3, -0.25) is 0 Å². The van der Waals surface area contributed by atoms with Gasteiger partial charge in [-0.15, -0.1) is 0 Å². The standard InChI is InChI=1S/C21H19N3O4/c1-25-19-9-7-15(20(26-2)21(19)27-3)16-11-14(18-5-4-10-28-18)6-8-17(16)24-13-22-12-23-24/h4-13H,1-3H3. The average molecular weight is 377 g/mol. The molecule has 0 radical (unpaired) electrons. The smallest absolute Gasteiger partial charge is 0.203 e. The van der Waals surface area contributed by atoms with Crippen molar-refractivity contribution in [3.05, 3.63) is 61.4 Å². The Bertz CT molecular complexity index is 1070. The lowest BCUT2D eigenvalue weighted by Gasteiger charge is -2.18. The first kappa shape index (κ1) is 17.7. The van der Waals surface area contributed by atoms with Gasteiger partial charge in [-0.25, -0.2) is 9.67 Å². The zero-order valence-electron chi connectivity index (χ0n) is 15.7. The fourth-order valence-electron chi connectivity index (χ4n) is 3.19. The van der Waals surface area contributed by atoms with E-state index in [1.807, 2.05) is 42.5 Å². The van der Waals surface area contributed by atoms with Crippen molar-refractivity contribution in [2.45, 2.75) is 0 Å². The largest absolute Gasteiger partial charge is 0.493 e. The van der Waals surface area contributed by atoms with Gasteiger partial charge in [0, 0.05) is 16.7 Å². The number of nitrogens with zero attached hydrogens (tertiary/aromatic N) is 3. The van der Waals surface area contributed by atoms with E-state index in [1.54, 1.807) is 38.6 Å². The van der Waals surface area contributed by atoms with Crippen LogP contribution in [0.4, 0.5) is 0 Å². The van der Waals surface area contributed by atoms with Gasteiger partial charge in [-0.05, 0) is 42.5 Å².